The fourth-order valence-corrected chi connectivity index (χ4v) is 0.906. The van der Waals surface area contributed by atoms with Crippen molar-refractivity contribution in [2.24, 2.45) is 0 Å². The summed E-state index contributed by atoms with van der Waals surface area (Å²) in [5, 5.41) is 5.40. The second-order valence-corrected chi connectivity index (χ2v) is 2.55. The van der Waals surface area contributed by atoms with E-state index in [1.807, 2.05) is 0 Å². The highest BCUT2D eigenvalue weighted by atomic mass is 19.4. The average molecular weight is 198 g/mol. The Morgan fingerprint density at radius 2 is 2.08 bits per heavy atom. The molecule has 4 nitrogen and oxygen atoms in total. The smallest absolute Gasteiger partial charge is 0.439 e. The number of halogens is 3. The summed E-state index contributed by atoms with van der Waals surface area (Å²) in [5.74, 6) is -2.16. The molecule has 0 aliphatic carbocycles. The van der Waals surface area contributed by atoms with Gasteiger partial charge in [0.2, 0.25) is 0 Å². The summed E-state index contributed by atoms with van der Waals surface area (Å²) in [5.41, 5.74) is 0. The van der Waals surface area contributed by atoms with Gasteiger partial charge in [-0.2, -0.15) is 13.2 Å². The molecule has 7 heteroatoms. The van der Waals surface area contributed by atoms with E-state index in [-0.39, 0.29) is 6.54 Å². The summed E-state index contributed by atoms with van der Waals surface area (Å²) in [7, 11) is 0. The van der Waals surface area contributed by atoms with E-state index in [4.69, 9.17) is 0 Å². The van der Waals surface area contributed by atoms with Crippen LogP contribution in [0.2, 0.25) is 0 Å². The number of nitrogens with one attached hydrogen (secondary N) is 2. The Morgan fingerprint density at radius 1 is 1.38 bits per heavy atom. The summed E-state index contributed by atoms with van der Waals surface area (Å²) >= 11 is 0. The fraction of sp³-hybridized carbons (Fsp3) is 0.833. The van der Waals surface area contributed by atoms with Crippen molar-refractivity contribution in [1.29, 1.82) is 0 Å². The quantitative estimate of drug-likeness (QED) is 0.563. The average Bonchev–Trinajstić information content (AvgIpc) is 2.04. The molecule has 1 saturated heterocycles. The Kier molecular flexibility index (Phi) is 3.10. The molecule has 2 N–H and O–H groups in total. The van der Waals surface area contributed by atoms with Crippen LogP contribution in [0.5, 0.6) is 0 Å². The van der Waals surface area contributed by atoms with Gasteiger partial charge in [-0.05, 0) is 0 Å². The molecule has 13 heavy (non-hydrogen) atoms. The number of rotatable bonds is 1. The lowest BCUT2D eigenvalue weighted by Crippen LogP contribution is -2.51. The molecule has 0 spiro atoms. The summed E-state index contributed by atoms with van der Waals surface area (Å²) in [6.45, 7) is 1.33. The minimum Gasteiger partial charge on any atom is -0.439 e. The van der Waals surface area contributed by atoms with E-state index >= 15 is 0 Å². The number of esters is 1. The lowest BCUT2D eigenvalue weighted by Gasteiger charge is -2.24. The molecule has 0 amide bonds. The minimum atomic E-state index is -4.92. The van der Waals surface area contributed by atoms with Crippen molar-refractivity contribution in [3.8, 4) is 0 Å². The molecule has 1 unspecified atom stereocenters. The van der Waals surface area contributed by atoms with Gasteiger partial charge >= 0.3 is 12.1 Å². The van der Waals surface area contributed by atoms with E-state index in [1.54, 1.807) is 0 Å². The van der Waals surface area contributed by atoms with Crippen LogP contribution in [0.25, 0.3) is 0 Å². The highest BCUT2D eigenvalue weighted by Crippen LogP contribution is 2.17. The molecule has 1 atom stereocenters. The topological polar surface area (TPSA) is 50.4 Å². The van der Waals surface area contributed by atoms with Crippen molar-refractivity contribution in [3.05, 3.63) is 0 Å². The van der Waals surface area contributed by atoms with Gasteiger partial charge in [0.05, 0.1) is 0 Å². The first-order valence-electron chi connectivity index (χ1n) is 3.72. The Balaban J connectivity index is 2.35. The Hall–Kier alpha value is -0.820. The van der Waals surface area contributed by atoms with E-state index in [0.717, 1.165) is 0 Å². The van der Waals surface area contributed by atoms with Gasteiger partial charge in [-0.1, -0.05) is 0 Å². The standard InChI is InChI=1S/C6H9F3N2O2/c7-6(8,9)5(12)13-4-3-10-1-2-11-4/h4,10-11H,1-3H2. The van der Waals surface area contributed by atoms with E-state index < -0.39 is 18.4 Å². The zero-order valence-corrected chi connectivity index (χ0v) is 6.65. The van der Waals surface area contributed by atoms with Gasteiger partial charge < -0.3 is 10.1 Å². The number of hydrogen-bond donors (Lipinski definition) is 2. The molecule has 1 aliphatic heterocycles. The molecule has 0 aromatic heterocycles. The monoisotopic (exact) mass is 198 g/mol. The van der Waals surface area contributed by atoms with Crippen molar-refractivity contribution in [1.82, 2.24) is 10.6 Å². The van der Waals surface area contributed by atoms with Gasteiger partial charge in [0.1, 0.15) is 0 Å². The van der Waals surface area contributed by atoms with Crippen LogP contribution in [-0.2, 0) is 9.53 Å². The van der Waals surface area contributed by atoms with Gasteiger partial charge in [0.25, 0.3) is 0 Å². The lowest BCUT2D eigenvalue weighted by molar-refractivity contribution is -0.206. The maximum absolute atomic E-state index is 11.7. The summed E-state index contributed by atoms with van der Waals surface area (Å²) in [4.78, 5) is 10.3. The largest absolute Gasteiger partial charge is 0.490 e. The molecule has 76 valence electrons. The molecule has 1 heterocycles. The predicted molar refractivity (Wildman–Crippen MR) is 36.8 cm³/mol. The van der Waals surface area contributed by atoms with Crippen molar-refractivity contribution < 1.29 is 22.7 Å². The lowest BCUT2D eigenvalue weighted by atomic mass is 10.4. The van der Waals surface area contributed by atoms with E-state index in [1.165, 1.54) is 0 Å². The molecule has 0 saturated carbocycles. The normalized spacial score (nSPS) is 24.1. The van der Waals surface area contributed by atoms with Crippen molar-refractivity contribution >= 4 is 5.97 Å². The molecule has 0 radical (unpaired) electrons. The van der Waals surface area contributed by atoms with Crippen LogP contribution in [0, 0.1) is 0 Å². The Bertz CT molecular complexity index is 189. The molecule has 1 fully saturated rings. The third kappa shape index (κ3) is 3.19. The number of carbonyl (C=O) groups is 1. The van der Waals surface area contributed by atoms with Crippen LogP contribution in [0.1, 0.15) is 0 Å². The van der Waals surface area contributed by atoms with Crippen LogP contribution >= 0.6 is 0 Å². The summed E-state index contributed by atoms with van der Waals surface area (Å²) in [6.07, 6.45) is -5.80. The highest BCUT2D eigenvalue weighted by molar-refractivity contribution is 5.75. The van der Waals surface area contributed by atoms with Gasteiger partial charge in [-0.25, -0.2) is 4.79 Å². The molecule has 0 aromatic rings. The summed E-state index contributed by atoms with van der Waals surface area (Å²) < 4.78 is 39.2. The van der Waals surface area contributed by atoms with Crippen LogP contribution in [0.15, 0.2) is 0 Å². The second kappa shape index (κ2) is 3.93. The van der Waals surface area contributed by atoms with Crippen LogP contribution in [-0.4, -0.2) is 38.0 Å². The zero-order chi connectivity index (χ0) is 9.90. The first kappa shape index (κ1) is 10.3. The zero-order valence-electron chi connectivity index (χ0n) is 6.65. The number of carbonyl (C=O) groups excluding carboxylic acids is 1. The molecule has 1 aliphatic rings. The number of hydrogen-bond acceptors (Lipinski definition) is 4. The summed E-state index contributed by atoms with van der Waals surface area (Å²) in [6, 6.07) is 0. The number of alkyl halides is 3. The van der Waals surface area contributed by atoms with E-state index in [2.05, 4.69) is 15.4 Å². The molecule has 0 aromatic carbocycles. The van der Waals surface area contributed by atoms with Crippen LogP contribution in [0.4, 0.5) is 13.2 Å². The van der Waals surface area contributed by atoms with E-state index in [0.29, 0.717) is 13.1 Å². The maximum atomic E-state index is 11.7. The third-order valence-corrected chi connectivity index (χ3v) is 1.48. The maximum Gasteiger partial charge on any atom is 0.490 e. The van der Waals surface area contributed by atoms with Gasteiger partial charge in [0.15, 0.2) is 6.23 Å². The van der Waals surface area contributed by atoms with Crippen molar-refractivity contribution in [2.75, 3.05) is 19.6 Å². The molecule has 1 rings (SSSR count). The SMILES string of the molecule is O=C(OC1CNCCN1)C(F)(F)F. The van der Waals surface area contributed by atoms with Gasteiger partial charge in [-0.15, -0.1) is 0 Å². The first-order valence-corrected chi connectivity index (χ1v) is 3.72. The van der Waals surface area contributed by atoms with Crippen LogP contribution < -0.4 is 10.6 Å². The van der Waals surface area contributed by atoms with Gasteiger partial charge in [0, 0.05) is 19.6 Å². The van der Waals surface area contributed by atoms with Crippen molar-refractivity contribution in [2.45, 2.75) is 12.4 Å². The fourth-order valence-electron chi connectivity index (χ4n) is 0.906. The van der Waals surface area contributed by atoms with Gasteiger partial charge in [-0.3, -0.25) is 5.32 Å². The van der Waals surface area contributed by atoms with E-state index in [9.17, 15) is 18.0 Å². The Morgan fingerprint density at radius 3 is 2.54 bits per heavy atom. The highest BCUT2D eigenvalue weighted by Gasteiger charge is 2.42. The number of piperazine rings is 1. The second-order valence-electron chi connectivity index (χ2n) is 2.55. The van der Waals surface area contributed by atoms with Crippen LogP contribution in [0.3, 0.4) is 0 Å². The predicted octanol–water partition coefficient (Wildman–Crippen LogP) is -0.389. The third-order valence-electron chi connectivity index (χ3n) is 1.48. The molecule has 0 bridgehead atoms. The number of ether oxygens (including phenoxy) is 1. The first-order chi connectivity index (χ1) is 6.00. The minimum absolute atomic E-state index is 0.196. The molecular weight excluding hydrogens is 189 g/mol. The van der Waals surface area contributed by atoms with Crippen molar-refractivity contribution in [3.63, 3.8) is 0 Å². The molecular formula is C6H9F3N2O2. The Labute approximate surface area is 72.4 Å².